The normalized spacial score (nSPS) is 22.5. The number of aliphatic hydroxyl groups is 1. The number of halogens is 1. The molecule has 1 saturated heterocycles. The molecule has 2 aliphatic rings. The second-order valence-electron chi connectivity index (χ2n) is 6.32. The fraction of sp³-hybridized carbons (Fsp3) is 0.588. The molecule has 21 heavy (non-hydrogen) atoms. The summed E-state index contributed by atoms with van der Waals surface area (Å²) < 4.78 is 1.05. The van der Waals surface area contributed by atoms with E-state index in [2.05, 4.69) is 28.1 Å². The number of rotatable bonds is 2. The Hall–Kier alpha value is -0.870. The van der Waals surface area contributed by atoms with E-state index in [1.165, 1.54) is 0 Å². The monoisotopic (exact) mass is 351 g/mol. The lowest BCUT2D eigenvalue weighted by molar-refractivity contribution is -0.139. The van der Waals surface area contributed by atoms with Crippen LogP contribution in [0.4, 0.5) is 0 Å². The Morgan fingerprint density at radius 2 is 1.71 bits per heavy atom. The second-order valence-corrected chi connectivity index (χ2v) is 7.24. The lowest BCUT2D eigenvalue weighted by atomic mass is 9.77. The molecule has 1 aromatic rings. The van der Waals surface area contributed by atoms with Gasteiger partial charge in [-0.3, -0.25) is 4.79 Å². The molecule has 1 aromatic carbocycles. The first-order valence-electron chi connectivity index (χ1n) is 7.85. The molecule has 1 aliphatic carbocycles. The average molecular weight is 352 g/mol. The molecule has 3 nitrogen and oxygen atoms in total. The van der Waals surface area contributed by atoms with Gasteiger partial charge in [0.2, 0.25) is 5.91 Å². The van der Waals surface area contributed by atoms with E-state index in [1.54, 1.807) is 0 Å². The highest BCUT2D eigenvalue weighted by molar-refractivity contribution is 9.10. The summed E-state index contributed by atoms with van der Waals surface area (Å²) in [4.78, 5) is 15.1. The highest BCUT2D eigenvalue weighted by Gasteiger charge is 2.45. The molecule has 0 unspecified atom stereocenters. The molecule has 1 N–H and O–H groups in total. The van der Waals surface area contributed by atoms with Gasteiger partial charge in [-0.2, -0.15) is 0 Å². The number of carbonyl (C=O) groups excluding carboxylic acids is 1. The van der Waals surface area contributed by atoms with Gasteiger partial charge in [0, 0.05) is 17.6 Å². The Bertz CT molecular complexity index is 500. The van der Waals surface area contributed by atoms with Gasteiger partial charge in [0.1, 0.15) is 0 Å². The highest BCUT2D eigenvalue weighted by Crippen LogP contribution is 2.43. The summed E-state index contributed by atoms with van der Waals surface area (Å²) in [6.45, 7) is 1.39. The third kappa shape index (κ3) is 2.88. The van der Waals surface area contributed by atoms with Gasteiger partial charge in [0.25, 0.3) is 0 Å². The number of carbonyl (C=O) groups is 1. The first-order chi connectivity index (χ1) is 10.1. The van der Waals surface area contributed by atoms with Crippen LogP contribution >= 0.6 is 15.9 Å². The number of nitrogens with zero attached hydrogens (tertiary/aromatic N) is 1. The van der Waals surface area contributed by atoms with Crippen molar-refractivity contribution < 1.29 is 9.90 Å². The van der Waals surface area contributed by atoms with Crippen LogP contribution in [0.5, 0.6) is 0 Å². The standard InChI is InChI=1S/C17H22BrNO2/c18-14-5-3-13(4-6-14)17(9-1-2-10-17)16(21)19-11-7-15(20)8-12-19/h3-6,15,20H,1-2,7-12H2. The second kappa shape index (κ2) is 6.09. The van der Waals surface area contributed by atoms with E-state index in [0.717, 1.165) is 35.7 Å². The van der Waals surface area contributed by atoms with Crippen molar-refractivity contribution in [3.63, 3.8) is 0 Å². The molecule has 1 aliphatic heterocycles. The van der Waals surface area contributed by atoms with Crippen molar-refractivity contribution in [2.45, 2.75) is 50.0 Å². The van der Waals surface area contributed by atoms with Gasteiger partial charge >= 0.3 is 0 Å². The SMILES string of the molecule is O=C(N1CCC(O)CC1)C1(c2ccc(Br)cc2)CCCC1. The number of hydrogen-bond donors (Lipinski definition) is 1. The van der Waals surface area contributed by atoms with Crippen molar-refractivity contribution in [1.82, 2.24) is 4.90 Å². The molecule has 0 radical (unpaired) electrons. The maximum atomic E-state index is 13.1. The third-order valence-electron chi connectivity index (χ3n) is 5.01. The fourth-order valence-electron chi connectivity index (χ4n) is 3.75. The van der Waals surface area contributed by atoms with Gasteiger partial charge in [0.15, 0.2) is 0 Å². The van der Waals surface area contributed by atoms with Crippen LogP contribution in [0.3, 0.4) is 0 Å². The molecule has 2 fully saturated rings. The molecule has 1 amide bonds. The fourth-order valence-corrected chi connectivity index (χ4v) is 4.01. The number of benzene rings is 1. The van der Waals surface area contributed by atoms with Crippen LogP contribution in [0.15, 0.2) is 28.7 Å². The summed E-state index contributed by atoms with van der Waals surface area (Å²) in [6, 6.07) is 8.24. The Morgan fingerprint density at radius 3 is 2.29 bits per heavy atom. The number of aliphatic hydroxyl groups excluding tert-OH is 1. The minimum Gasteiger partial charge on any atom is -0.393 e. The molecule has 4 heteroatoms. The van der Waals surface area contributed by atoms with E-state index in [0.29, 0.717) is 25.9 Å². The van der Waals surface area contributed by atoms with E-state index in [4.69, 9.17) is 0 Å². The number of hydrogen-bond acceptors (Lipinski definition) is 2. The lowest BCUT2D eigenvalue weighted by Gasteiger charge is -2.38. The summed E-state index contributed by atoms with van der Waals surface area (Å²) in [6.07, 6.45) is 5.33. The van der Waals surface area contributed by atoms with Gasteiger partial charge in [-0.25, -0.2) is 0 Å². The predicted octanol–water partition coefficient (Wildman–Crippen LogP) is 3.24. The van der Waals surface area contributed by atoms with Crippen molar-refractivity contribution in [1.29, 1.82) is 0 Å². The predicted molar refractivity (Wildman–Crippen MR) is 86.1 cm³/mol. The molecular weight excluding hydrogens is 330 g/mol. The Balaban J connectivity index is 1.86. The van der Waals surface area contributed by atoms with E-state index in [-0.39, 0.29) is 17.4 Å². The minimum atomic E-state index is -0.330. The minimum absolute atomic E-state index is 0.235. The van der Waals surface area contributed by atoms with Crippen molar-refractivity contribution in [3.05, 3.63) is 34.3 Å². The molecule has 0 atom stereocenters. The van der Waals surface area contributed by atoms with E-state index in [1.807, 2.05) is 17.0 Å². The molecule has 0 bridgehead atoms. The highest BCUT2D eigenvalue weighted by atomic mass is 79.9. The first-order valence-corrected chi connectivity index (χ1v) is 8.65. The third-order valence-corrected chi connectivity index (χ3v) is 5.54. The molecular formula is C17H22BrNO2. The van der Waals surface area contributed by atoms with Crippen molar-refractivity contribution in [3.8, 4) is 0 Å². The maximum Gasteiger partial charge on any atom is 0.233 e. The van der Waals surface area contributed by atoms with Crippen LogP contribution in [0.1, 0.15) is 44.1 Å². The Kier molecular flexibility index (Phi) is 4.36. The Morgan fingerprint density at radius 1 is 1.14 bits per heavy atom. The van der Waals surface area contributed by atoms with Crippen LogP contribution < -0.4 is 0 Å². The molecule has 1 heterocycles. The van der Waals surface area contributed by atoms with Gasteiger partial charge in [0.05, 0.1) is 11.5 Å². The topological polar surface area (TPSA) is 40.5 Å². The molecule has 3 rings (SSSR count). The largest absolute Gasteiger partial charge is 0.393 e. The van der Waals surface area contributed by atoms with Gasteiger partial charge < -0.3 is 10.0 Å². The summed E-state index contributed by atoms with van der Waals surface area (Å²) >= 11 is 3.47. The number of likely N-dealkylation sites (tertiary alicyclic amines) is 1. The van der Waals surface area contributed by atoms with Crippen LogP contribution in [0, 0.1) is 0 Å². The molecule has 0 spiro atoms. The molecule has 1 saturated carbocycles. The summed E-state index contributed by atoms with van der Waals surface area (Å²) in [5.74, 6) is 0.272. The zero-order valence-electron chi connectivity index (χ0n) is 12.2. The smallest absolute Gasteiger partial charge is 0.233 e. The first kappa shape index (κ1) is 15.0. The van der Waals surface area contributed by atoms with Crippen LogP contribution in [-0.2, 0) is 10.2 Å². The van der Waals surface area contributed by atoms with Crippen molar-refractivity contribution >= 4 is 21.8 Å². The lowest BCUT2D eigenvalue weighted by Crippen LogP contribution is -2.49. The van der Waals surface area contributed by atoms with E-state index >= 15 is 0 Å². The molecule has 0 aromatic heterocycles. The molecule has 114 valence electrons. The zero-order chi connectivity index (χ0) is 14.9. The van der Waals surface area contributed by atoms with Crippen LogP contribution in [-0.4, -0.2) is 35.1 Å². The zero-order valence-corrected chi connectivity index (χ0v) is 13.8. The maximum absolute atomic E-state index is 13.1. The van der Waals surface area contributed by atoms with Gasteiger partial charge in [-0.05, 0) is 43.4 Å². The Labute approximate surface area is 134 Å². The van der Waals surface area contributed by atoms with Crippen molar-refractivity contribution in [2.75, 3.05) is 13.1 Å². The van der Waals surface area contributed by atoms with E-state index in [9.17, 15) is 9.90 Å². The van der Waals surface area contributed by atoms with Crippen LogP contribution in [0.25, 0.3) is 0 Å². The summed E-state index contributed by atoms with van der Waals surface area (Å²) in [5.41, 5.74) is 0.822. The van der Waals surface area contributed by atoms with Gasteiger partial charge in [-0.15, -0.1) is 0 Å². The van der Waals surface area contributed by atoms with Crippen LogP contribution in [0.2, 0.25) is 0 Å². The van der Waals surface area contributed by atoms with E-state index < -0.39 is 0 Å². The summed E-state index contributed by atoms with van der Waals surface area (Å²) in [5, 5.41) is 9.64. The number of amides is 1. The quantitative estimate of drug-likeness (QED) is 0.888. The average Bonchev–Trinajstić information content (AvgIpc) is 2.99. The number of piperidine rings is 1. The summed E-state index contributed by atoms with van der Waals surface area (Å²) in [7, 11) is 0. The van der Waals surface area contributed by atoms with Gasteiger partial charge in [-0.1, -0.05) is 40.9 Å². The van der Waals surface area contributed by atoms with Crippen molar-refractivity contribution in [2.24, 2.45) is 0 Å².